The quantitative estimate of drug-likeness (QED) is 0.292. The standard InChI is InChI=1S/C21H17N5O7/c1-2-32-20-10-14(12-23-24-21(27)15-4-3-9-22-13-15)5-7-19(20)33-18-8-6-16(25(28)29)11-17(18)26(30)31/h3-13H,2H2,1H3,(H,24,27)/b23-12-. The summed E-state index contributed by atoms with van der Waals surface area (Å²) >= 11 is 0. The molecule has 0 aliphatic rings. The molecule has 168 valence electrons. The van der Waals surface area contributed by atoms with E-state index in [4.69, 9.17) is 9.47 Å². The van der Waals surface area contributed by atoms with Gasteiger partial charge in [0, 0.05) is 18.5 Å². The SMILES string of the molecule is CCOc1cc(/C=N\NC(=O)c2cccnc2)ccc1Oc1ccc([N+](=O)[O-])cc1[N+](=O)[O-]. The van der Waals surface area contributed by atoms with Gasteiger partial charge in [-0.15, -0.1) is 0 Å². The van der Waals surface area contributed by atoms with Gasteiger partial charge >= 0.3 is 5.69 Å². The average Bonchev–Trinajstić information content (AvgIpc) is 2.81. The van der Waals surface area contributed by atoms with E-state index in [0.717, 1.165) is 18.2 Å². The van der Waals surface area contributed by atoms with Gasteiger partial charge in [-0.25, -0.2) is 5.43 Å². The van der Waals surface area contributed by atoms with Crippen LogP contribution in [0.5, 0.6) is 17.2 Å². The van der Waals surface area contributed by atoms with Crippen molar-refractivity contribution < 1.29 is 24.1 Å². The van der Waals surface area contributed by atoms with Crippen LogP contribution in [0.3, 0.4) is 0 Å². The first kappa shape index (κ1) is 22.8. The fraction of sp³-hybridized carbons (Fsp3) is 0.0952. The molecule has 0 aliphatic carbocycles. The first-order valence-corrected chi connectivity index (χ1v) is 9.50. The van der Waals surface area contributed by atoms with E-state index in [9.17, 15) is 25.0 Å². The second kappa shape index (κ2) is 10.4. The molecule has 0 saturated heterocycles. The minimum Gasteiger partial charge on any atom is -0.490 e. The lowest BCUT2D eigenvalue weighted by atomic mass is 10.2. The lowest BCUT2D eigenvalue weighted by Crippen LogP contribution is -2.17. The zero-order valence-electron chi connectivity index (χ0n) is 17.2. The molecule has 1 N–H and O–H groups in total. The Bertz CT molecular complexity index is 1210. The normalized spacial score (nSPS) is 10.6. The fourth-order valence-electron chi connectivity index (χ4n) is 2.65. The van der Waals surface area contributed by atoms with Gasteiger partial charge in [0.25, 0.3) is 11.6 Å². The maximum atomic E-state index is 12.0. The van der Waals surface area contributed by atoms with Crippen molar-refractivity contribution >= 4 is 23.5 Å². The van der Waals surface area contributed by atoms with E-state index in [1.807, 2.05) is 0 Å². The molecule has 0 unspecified atom stereocenters. The van der Waals surface area contributed by atoms with Gasteiger partial charge < -0.3 is 9.47 Å². The second-order valence-corrected chi connectivity index (χ2v) is 6.35. The van der Waals surface area contributed by atoms with Gasteiger partial charge in [-0.3, -0.25) is 30.0 Å². The molecular formula is C21H17N5O7. The third-order valence-corrected chi connectivity index (χ3v) is 4.14. The Labute approximate surface area is 186 Å². The van der Waals surface area contributed by atoms with Crippen molar-refractivity contribution in [2.24, 2.45) is 5.10 Å². The van der Waals surface area contributed by atoms with Crippen LogP contribution >= 0.6 is 0 Å². The molecule has 0 bridgehead atoms. The molecule has 0 atom stereocenters. The number of benzene rings is 2. The van der Waals surface area contributed by atoms with Crippen molar-refractivity contribution in [1.29, 1.82) is 0 Å². The van der Waals surface area contributed by atoms with Gasteiger partial charge in [-0.05, 0) is 48.9 Å². The third kappa shape index (κ3) is 5.85. The Morgan fingerprint density at radius 3 is 2.55 bits per heavy atom. The number of hydrogen-bond donors (Lipinski definition) is 1. The Kier molecular flexibility index (Phi) is 7.21. The van der Waals surface area contributed by atoms with E-state index >= 15 is 0 Å². The molecular weight excluding hydrogens is 434 g/mol. The van der Waals surface area contributed by atoms with Crippen molar-refractivity contribution in [2.45, 2.75) is 6.92 Å². The summed E-state index contributed by atoms with van der Waals surface area (Å²) in [4.78, 5) is 36.6. The van der Waals surface area contributed by atoms with Crippen LogP contribution in [0.1, 0.15) is 22.8 Å². The summed E-state index contributed by atoms with van der Waals surface area (Å²) in [5.74, 6) is -0.204. The lowest BCUT2D eigenvalue weighted by Gasteiger charge is -2.12. The number of ether oxygens (including phenoxy) is 2. The third-order valence-electron chi connectivity index (χ3n) is 4.14. The van der Waals surface area contributed by atoms with Gasteiger partial charge in [0.05, 0.1) is 34.3 Å². The topological polar surface area (TPSA) is 159 Å². The van der Waals surface area contributed by atoms with E-state index in [1.165, 1.54) is 18.5 Å². The fourth-order valence-corrected chi connectivity index (χ4v) is 2.65. The number of aromatic nitrogens is 1. The number of pyridine rings is 1. The maximum Gasteiger partial charge on any atom is 0.318 e. The Balaban J connectivity index is 1.81. The summed E-state index contributed by atoms with van der Waals surface area (Å²) in [6, 6.07) is 11.0. The predicted octanol–water partition coefficient (Wildman–Crippen LogP) is 3.85. The van der Waals surface area contributed by atoms with Crippen LogP contribution in [0, 0.1) is 20.2 Å². The van der Waals surface area contributed by atoms with E-state index in [0.29, 0.717) is 11.1 Å². The van der Waals surface area contributed by atoms with Crippen molar-refractivity contribution in [2.75, 3.05) is 6.61 Å². The Hall–Kier alpha value is -4.87. The summed E-state index contributed by atoms with van der Waals surface area (Å²) in [6.45, 7) is 2.02. The molecule has 0 spiro atoms. The molecule has 3 aromatic rings. The molecule has 12 heteroatoms. The number of carbonyl (C=O) groups is 1. The molecule has 33 heavy (non-hydrogen) atoms. The number of nitro benzene ring substituents is 2. The van der Waals surface area contributed by atoms with Crippen LogP contribution in [0.4, 0.5) is 11.4 Å². The van der Waals surface area contributed by atoms with E-state index in [-0.39, 0.29) is 23.9 Å². The van der Waals surface area contributed by atoms with E-state index in [2.05, 4.69) is 15.5 Å². The highest BCUT2D eigenvalue weighted by molar-refractivity contribution is 5.94. The van der Waals surface area contributed by atoms with Crippen LogP contribution in [-0.2, 0) is 0 Å². The van der Waals surface area contributed by atoms with Crippen LogP contribution in [0.25, 0.3) is 0 Å². The monoisotopic (exact) mass is 451 g/mol. The first-order chi connectivity index (χ1) is 15.9. The van der Waals surface area contributed by atoms with Crippen molar-refractivity contribution in [3.8, 4) is 17.2 Å². The minimum absolute atomic E-state index is 0.158. The molecule has 3 rings (SSSR count). The zero-order chi connectivity index (χ0) is 23.8. The molecule has 0 aliphatic heterocycles. The van der Waals surface area contributed by atoms with Crippen molar-refractivity contribution in [1.82, 2.24) is 10.4 Å². The van der Waals surface area contributed by atoms with E-state index in [1.54, 1.807) is 37.4 Å². The summed E-state index contributed by atoms with van der Waals surface area (Å²) in [6.07, 6.45) is 4.33. The minimum atomic E-state index is -0.769. The number of carbonyl (C=O) groups excluding carboxylic acids is 1. The molecule has 0 saturated carbocycles. The highest BCUT2D eigenvalue weighted by atomic mass is 16.6. The van der Waals surface area contributed by atoms with Crippen molar-refractivity contribution in [3.63, 3.8) is 0 Å². The lowest BCUT2D eigenvalue weighted by molar-refractivity contribution is -0.394. The highest BCUT2D eigenvalue weighted by Crippen LogP contribution is 2.38. The van der Waals surface area contributed by atoms with E-state index < -0.39 is 27.1 Å². The van der Waals surface area contributed by atoms with Crippen molar-refractivity contribution in [3.05, 3.63) is 92.3 Å². The largest absolute Gasteiger partial charge is 0.490 e. The van der Waals surface area contributed by atoms with Crippen LogP contribution in [0.2, 0.25) is 0 Å². The predicted molar refractivity (Wildman–Crippen MR) is 117 cm³/mol. The summed E-state index contributed by atoms with van der Waals surface area (Å²) in [5, 5.41) is 26.1. The summed E-state index contributed by atoms with van der Waals surface area (Å²) < 4.78 is 11.2. The average molecular weight is 451 g/mol. The number of amides is 1. The number of rotatable bonds is 9. The number of hydrazone groups is 1. The van der Waals surface area contributed by atoms with Crippen LogP contribution in [0.15, 0.2) is 66.0 Å². The molecule has 12 nitrogen and oxygen atoms in total. The molecule has 1 heterocycles. The van der Waals surface area contributed by atoms with Gasteiger partial charge in [0.2, 0.25) is 5.75 Å². The number of non-ortho nitro benzene ring substituents is 1. The first-order valence-electron chi connectivity index (χ1n) is 9.50. The van der Waals surface area contributed by atoms with Crippen LogP contribution in [-0.4, -0.2) is 33.6 Å². The second-order valence-electron chi connectivity index (χ2n) is 6.35. The Morgan fingerprint density at radius 1 is 1.09 bits per heavy atom. The van der Waals surface area contributed by atoms with Gasteiger partial charge in [-0.1, -0.05) is 0 Å². The smallest absolute Gasteiger partial charge is 0.318 e. The summed E-state index contributed by atoms with van der Waals surface area (Å²) in [7, 11) is 0. The number of nitrogens with one attached hydrogen (secondary N) is 1. The molecule has 0 radical (unpaired) electrons. The Morgan fingerprint density at radius 2 is 1.88 bits per heavy atom. The van der Waals surface area contributed by atoms with Gasteiger partial charge in [-0.2, -0.15) is 5.10 Å². The highest BCUT2D eigenvalue weighted by Gasteiger charge is 2.22. The summed E-state index contributed by atoms with van der Waals surface area (Å²) in [5.41, 5.74) is 2.28. The van der Waals surface area contributed by atoms with Gasteiger partial charge in [0.1, 0.15) is 0 Å². The molecule has 0 fully saturated rings. The zero-order valence-corrected chi connectivity index (χ0v) is 17.2. The number of nitro groups is 2. The molecule has 1 aromatic heterocycles. The number of nitrogens with zero attached hydrogens (tertiary/aromatic N) is 4. The number of hydrogen-bond acceptors (Lipinski definition) is 9. The van der Waals surface area contributed by atoms with Gasteiger partial charge in [0.15, 0.2) is 11.5 Å². The van der Waals surface area contributed by atoms with Crippen LogP contribution < -0.4 is 14.9 Å². The molecule has 1 amide bonds. The maximum absolute atomic E-state index is 12.0. The molecule has 2 aromatic carbocycles.